The number of fused-ring (bicyclic) bond motifs is 1. The lowest BCUT2D eigenvalue weighted by Gasteiger charge is -2.30. The summed E-state index contributed by atoms with van der Waals surface area (Å²) in [5.41, 5.74) is 8.95. The molecule has 7 heteroatoms. The van der Waals surface area contributed by atoms with E-state index in [4.69, 9.17) is 10.7 Å². The molecular formula is C21H26N4O2S. The summed E-state index contributed by atoms with van der Waals surface area (Å²) in [6.07, 6.45) is 5.74. The van der Waals surface area contributed by atoms with Crippen LogP contribution in [0.25, 0.3) is 5.69 Å². The second-order valence-electron chi connectivity index (χ2n) is 7.51. The van der Waals surface area contributed by atoms with Crippen molar-refractivity contribution in [2.75, 3.05) is 18.8 Å². The third-order valence-electron chi connectivity index (χ3n) is 5.69. The van der Waals surface area contributed by atoms with E-state index in [-0.39, 0.29) is 17.7 Å². The monoisotopic (exact) mass is 398 g/mol. The number of likely N-dealkylation sites (tertiary alicyclic amines) is 1. The smallest absolute Gasteiger partial charge is 0.233 e. The fraction of sp³-hybridized carbons (Fsp3) is 0.476. The quantitative estimate of drug-likeness (QED) is 0.785. The highest BCUT2D eigenvalue weighted by molar-refractivity contribution is 7.99. The van der Waals surface area contributed by atoms with Crippen LogP contribution in [0.1, 0.15) is 37.1 Å². The van der Waals surface area contributed by atoms with Gasteiger partial charge < -0.3 is 10.6 Å². The van der Waals surface area contributed by atoms with Gasteiger partial charge in [-0.1, -0.05) is 30.0 Å². The summed E-state index contributed by atoms with van der Waals surface area (Å²) in [4.78, 5) is 30.7. The third-order valence-corrected chi connectivity index (χ3v) is 6.61. The molecule has 2 heterocycles. The SMILES string of the molecule is NC(=O)C1CCN(C(=O)CSc2nc3c(n2-c2ccccc2)CCCC3)CC1. The van der Waals surface area contributed by atoms with Gasteiger partial charge in [-0.2, -0.15) is 0 Å². The standard InChI is InChI=1S/C21H26N4O2S/c22-20(27)15-10-12-24(13-11-15)19(26)14-28-21-23-17-8-4-5-9-18(17)25(21)16-6-2-1-3-7-16/h1-3,6-7,15H,4-5,8-14H2,(H2,22,27). The van der Waals surface area contributed by atoms with Gasteiger partial charge >= 0.3 is 0 Å². The summed E-state index contributed by atoms with van der Waals surface area (Å²) in [7, 11) is 0. The number of carbonyl (C=O) groups excluding carboxylic acids is 2. The maximum Gasteiger partial charge on any atom is 0.233 e. The molecular weight excluding hydrogens is 372 g/mol. The Hall–Kier alpha value is -2.28. The molecule has 4 rings (SSSR count). The molecule has 0 unspecified atom stereocenters. The molecule has 0 saturated carbocycles. The minimum Gasteiger partial charge on any atom is -0.369 e. The molecule has 0 spiro atoms. The number of benzene rings is 1. The minimum atomic E-state index is -0.253. The van der Waals surface area contributed by atoms with E-state index >= 15 is 0 Å². The van der Waals surface area contributed by atoms with E-state index in [0.29, 0.717) is 31.7 Å². The van der Waals surface area contributed by atoms with Crippen molar-refractivity contribution in [3.8, 4) is 5.69 Å². The lowest BCUT2D eigenvalue weighted by atomic mass is 9.96. The van der Waals surface area contributed by atoms with Gasteiger partial charge in [0.1, 0.15) is 0 Å². The zero-order chi connectivity index (χ0) is 19.5. The topological polar surface area (TPSA) is 81.2 Å². The number of thioether (sulfide) groups is 1. The van der Waals surface area contributed by atoms with Gasteiger partial charge in [0.2, 0.25) is 11.8 Å². The average molecular weight is 399 g/mol. The summed E-state index contributed by atoms with van der Waals surface area (Å²) in [5.74, 6) is 0.120. The number of aryl methyl sites for hydroxylation is 1. The van der Waals surface area contributed by atoms with Crippen LogP contribution < -0.4 is 5.73 Å². The van der Waals surface area contributed by atoms with Crippen LogP contribution in [0.2, 0.25) is 0 Å². The number of nitrogens with zero attached hydrogens (tertiary/aromatic N) is 3. The molecule has 6 nitrogen and oxygen atoms in total. The van der Waals surface area contributed by atoms with Crippen molar-refractivity contribution in [1.29, 1.82) is 0 Å². The van der Waals surface area contributed by atoms with Crippen LogP contribution in [-0.4, -0.2) is 45.1 Å². The molecule has 2 aromatic rings. The maximum absolute atomic E-state index is 12.7. The van der Waals surface area contributed by atoms with Crippen molar-refractivity contribution < 1.29 is 9.59 Å². The summed E-state index contributed by atoms with van der Waals surface area (Å²) in [6.45, 7) is 1.22. The first kappa shape index (κ1) is 19.1. The molecule has 0 radical (unpaired) electrons. The van der Waals surface area contributed by atoms with Crippen LogP contribution in [-0.2, 0) is 22.4 Å². The number of primary amides is 1. The normalized spacial score (nSPS) is 17.4. The Balaban J connectivity index is 1.47. The first-order chi connectivity index (χ1) is 13.6. The van der Waals surface area contributed by atoms with Crippen molar-refractivity contribution in [2.24, 2.45) is 11.7 Å². The van der Waals surface area contributed by atoms with Crippen molar-refractivity contribution >= 4 is 23.6 Å². The minimum absolute atomic E-state index is 0.0968. The Morgan fingerprint density at radius 2 is 1.82 bits per heavy atom. The number of hydrogen-bond donors (Lipinski definition) is 1. The first-order valence-electron chi connectivity index (χ1n) is 9.99. The van der Waals surface area contributed by atoms with E-state index in [1.165, 1.54) is 36.0 Å². The van der Waals surface area contributed by atoms with Gasteiger partial charge in [0.25, 0.3) is 0 Å². The molecule has 1 aliphatic heterocycles. The molecule has 0 bridgehead atoms. The lowest BCUT2D eigenvalue weighted by molar-refractivity contribution is -0.132. The van der Waals surface area contributed by atoms with Crippen LogP contribution in [0.3, 0.4) is 0 Å². The highest BCUT2D eigenvalue weighted by atomic mass is 32.2. The van der Waals surface area contributed by atoms with Gasteiger partial charge in [0.05, 0.1) is 11.4 Å². The number of hydrogen-bond acceptors (Lipinski definition) is 4. The van der Waals surface area contributed by atoms with Gasteiger partial charge in [-0.3, -0.25) is 14.2 Å². The van der Waals surface area contributed by atoms with E-state index in [1.54, 1.807) is 0 Å². The number of rotatable bonds is 5. The predicted molar refractivity (Wildman–Crippen MR) is 109 cm³/mol. The number of amides is 2. The number of imidazole rings is 1. The van der Waals surface area contributed by atoms with Crippen LogP contribution >= 0.6 is 11.8 Å². The lowest BCUT2D eigenvalue weighted by Crippen LogP contribution is -2.42. The number of aromatic nitrogens is 2. The molecule has 2 N–H and O–H groups in total. The van der Waals surface area contributed by atoms with Crippen LogP contribution in [0.5, 0.6) is 0 Å². The first-order valence-corrected chi connectivity index (χ1v) is 11.0. The van der Waals surface area contributed by atoms with Gasteiger partial charge in [0.15, 0.2) is 5.16 Å². The molecule has 2 amide bonds. The maximum atomic E-state index is 12.7. The summed E-state index contributed by atoms with van der Waals surface area (Å²) in [5, 5.41) is 0.901. The van der Waals surface area contributed by atoms with E-state index in [9.17, 15) is 9.59 Å². The van der Waals surface area contributed by atoms with Crippen molar-refractivity contribution in [2.45, 2.75) is 43.7 Å². The zero-order valence-corrected chi connectivity index (χ0v) is 16.8. The second kappa shape index (κ2) is 8.39. The molecule has 1 saturated heterocycles. The van der Waals surface area contributed by atoms with Crippen LogP contribution in [0.4, 0.5) is 0 Å². The summed E-state index contributed by atoms with van der Waals surface area (Å²) in [6, 6.07) is 10.3. The Morgan fingerprint density at radius 3 is 2.54 bits per heavy atom. The van der Waals surface area contributed by atoms with Crippen molar-refractivity contribution in [1.82, 2.24) is 14.5 Å². The number of para-hydroxylation sites is 1. The average Bonchev–Trinajstić information content (AvgIpc) is 3.11. The Bertz CT molecular complexity index is 857. The molecule has 0 atom stereocenters. The number of carbonyl (C=O) groups is 2. The van der Waals surface area contributed by atoms with E-state index in [1.807, 2.05) is 23.1 Å². The fourth-order valence-electron chi connectivity index (χ4n) is 4.09. The summed E-state index contributed by atoms with van der Waals surface area (Å²) < 4.78 is 2.23. The molecule has 1 fully saturated rings. The highest BCUT2D eigenvalue weighted by Crippen LogP contribution is 2.31. The van der Waals surface area contributed by atoms with E-state index < -0.39 is 0 Å². The second-order valence-corrected chi connectivity index (χ2v) is 8.45. The Labute approximate surface area is 169 Å². The Morgan fingerprint density at radius 1 is 1.11 bits per heavy atom. The van der Waals surface area contributed by atoms with Crippen LogP contribution in [0.15, 0.2) is 35.5 Å². The fourth-order valence-corrected chi connectivity index (χ4v) is 5.04. The predicted octanol–water partition coefficient (Wildman–Crippen LogP) is 2.57. The number of nitrogens with two attached hydrogens (primary N) is 1. The molecule has 28 heavy (non-hydrogen) atoms. The van der Waals surface area contributed by atoms with Gasteiger partial charge in [-0.05, 0) is 50.7 Å². The molecule has 1 aliphatic carbocycles. The highest BCUT2D eigenvalue weighted by Gasteiger charge is 2.27. The molecule has 1 aromatic heterocycles. The molecule has 1 aromatic carbocycles. The van der Waals surface area contributed by atoms with Crippen molar-refractivity contribution in [3.63, 3.8) is 0 Å². The van der Waals surface area contributed by atoms with Crippen molar-refractivity contribution in [3.05, 3.63) is 41.7 Å². The zero-order valence-electron chi connectivity index (χ0n) is 16.0. The summed E-state index contributed by atoms with van der Waals surface area (Å²) >= 11 is 1.51. The van der Waals surface area contributed by atoms with Crippen LogP contribution in [0, 0.1) is 5.92 Å². The molecule has 148 valence electrons. The Kier molecular flexibility index (Phi) is 5.71. The van der Waals surface area contributed by atoms with Gasteiger partial charge in [0, 0.05) is 30.4 Å². The number of piperidine rings is 1. The van der Waals surface area contributed by atoms with E-state index in [0.717, 1.165) is 23.7 Å². The third kappa shape index (κ3) is 3.94. The molecule has 2 aliphatic rings. The van der Waals surface area contributed by atoms with Gasteiger partial charge in [-0.25, -0.2) is 4.98 Å². The van der Waals surface area contributed by atoms with E-state index in [2.05, 4.69) is 16.7 Å². The van der Waals surface area contributed by atoms with Gasteiger partial charge in [-0.15, -0.1) is 0 Å². The largest absolute Gasteiger partial charge is 0.369 e.